The summed E-state index contributed by atoms with van der Waals surface area (Å²) in [6.45, 7) is 2.18. The molecule has 0 atom stereocenters. The van der Waals surface area contributed by atoms with Crippen LogP contribution in [0.25, 0.3) is 0 Å². The average molecular weight is 198 g/mol. The van der Waals surface area contributed by atoms with E-state index in [0.29, 0.717) is 12.2 Å². The summed E-state index contributed by atoms with van der Waals surface area (Å²) in [6, 6.07) is 0. The summed E-state index contributed by atoms with van der Waals surface area (Å²) in [4.78, 5) is 11.8. The Kier molecular flexibility index (Phi) is 4.59. The highest BCUT2D eigenvalue weighted by atomic mass is 16.5. The fraction of sp³-hybridized carbons (Fsp3) is 0.917. The Labute approximate surface area is 87.0 Å². The zero-order valence-corrected chi connectivity index (χ0v) is 9.47. The summed E-state index contributed by atoms with van der Waals surface area (Å²) < 4.78 is 5.34. The number of ketones is 1. The third-order valence-electron chi connectivity index (χ3n) is 3.32. The minimum absolute atomic E-state index is 0.336. The molecule has 0 amide bonds. The second-order valence-electron chi connectivity index (χ2n) is 4.29. The van der Waals surface area contributed by atoms with Gasteiger partial charge in [-0.2, -0.15) is 0 Å². The lowest BCUT2D eigenvalue weighted by Crippen LogP contribution is -2.46. The number of hydrogen-bond donors (Lipinski definition) is 0. The second-order valence-corrected chi connectivity index (χ2v) is 4.29. The smallest absolute Gasteiger partial charge is 0.164 e. The highest BCUT2D eigenvalue weighted by Crippen LogP contribution is 2.37. The van der Waals surface area contributed by atoms with Gasteiger partial charge in [-0.05, 0) is 25.7 Å². The lowest BCUT2D eigenvalue weighted by Gasteiger charge is -2.38. The quantitative estimate of drug-likeness (QED) is 0.588. The van der Waals surface area contributed by atoms with Gasteiger partial charge in [-0.15, -0.1) is 0 Å². The lowest BCUT2D eigenvalue weighted by atomic mass is 9.75. The molecule has 0 aliphatic heterocycles. The van der Waals surface area contributed by atoms with Crippen LogP contribution in [0.4, 0.5) is 0 Å². The fourth-order valence-electron chi connectivity index (χ4n) is 2.03. The average Bonchev–Trinajstić information content (AvgIpc) is 2.12. The molecule has 0 heterocycles. The first-order valence-corrected chi connectivity index (χ1v) is 5.83. The number of Topliss-reactive ketones (excluding diaryl/α,β-unsaturated/α-hetero) is 1. The normalized spacial score (nSPS) is 19.0. The summed E-state index contributed by atoms with van der Waals surface area (Å²) in [5.41, 5.74) is -0.369. The fourth-order valence-corrected chi connectivity index (χ4v) is 2.03. The zero-order chi connectivity index (χ0) is 10.4. The largest absolute Gasteiger partial charge is 0.370 e. The van der Waals surface area contributed by atoms with Gasteiger partial charge < -0.3 is 4.74 Å². The van der Waals surface area contributed by atoms with Crippen molar-refractivity contribution in [2.45, 2.75) is 63.9 Å². The van der Waals surface area contributed by atoms with Crippen molar-refractivity contribution in [2.24, 2.45) is 0 Å². The van der Waals surface area contributed by atoms with Gasteiger partial charge >= 0.3 is 0 Å². The van der Waals surface area contributed by atoms with E-state index in [1.165, 1.54) is 19.3 Å². The highest BCUT2D eigenvalue weighted by molar-refractivity contribution is 5.88. The number of carbonyl (C=O) groups is 1. The van der Waals surface area contributed by atoms with Crippen LogP contribution in [0.3, 0.4) is 0 Å². The Balaban J connectivity index is 2.20. The van der Waals surface area contributed by atoms with Crippen LogP contribution in [-0.4, -0.2) is 18.5 Å². The predicted octanol–water partition coefficient (Wildman–Crippen LogP) is 3.10. The molecular formula is C12H22O2. The molecule has 1 saturated carbocycles. The van der Waals surface area contributed by atoms with Gasteiger partial charge in [0, 0.05) is 13.5 Å². The summed E-state index contributed by atoms with van der Waals surface area (Å²) in [5, 5.41) is 0. The molecule has 0 spiro atoms. The Bertz CT molecular complexity index is 177. The Morgan fingerprint density at radius 1 is 1.29 bits per heavy atom. The molecule has 0 saturated heterocycles. The molecule has 0 unspecified atom stereocenters. The van der Waals surface area contributed by atoms with E-state index in [1.807, 2.05) is 0 Å². The van der Waals surface area contributed by atoms with Gasteiger partial charge in [0.15, 0.2) is 5.78 Å². The van der Waals surface area contributed by atoms with E-state index in [0.717, 1.165) is 25.7 Å². The number of unbranched alkanes of at least 4 members (excludes halogenated alkanes) is 3. The van der Waals surface area contributed by atoms with Gasteiger partial charge in [-0.3, -0.25) is 4.79 Å². The van der Waals surface area contributed by atoms with Crippen molar-refractivity contribution in [3.05, 3.63) is 0 Å². The number of ether oxygens (including phenoxy) is 1. The minimum atomic E-state index is -0.369. The minimum Gasteiger partial charge on any atom is -0.370 e. The molecule has 0 aromatic heterocycles. The van der Waals surface area contributed by atoms with Crippen LogP contribution in [0.5, 0.6) is 0 Å². The van der Waals surface area contributed by atoms with Crippen molar-refractivity contribution < 1.29 is 9.53 Å². The molecule has 0 aromatic rings. The van der Waals surface area contributed by atoms with Crippen molar-refractivity contribution in [2.75, 3.05) is 7.11 Å². The summed E-state index contributed by atoms with van der Waals surface area (Å²) in [7, 11) is 1.67. The maximum absolute atomic E-state index is 11.8. The molecule has 1 aliphatic rings. The van der Waals surface area contributed by atoms with E-state index in [9.17, 15) is 4.79 Å². The van der Waals surface area contributed by atoms with Crippen LogP contribution >= 0.6 is 0 Å². The first kappa shape index (κ1) is 11.7. The van der Waals surface area contributed by atoms with E-state index in [-0.39, 0.29) is 5.60 Å². The van der Waals surface area contributed by atoms with Crippen molar-refractivity contribution in [1.82, 2.24) is 0 Å². The Hall–Kier alpha value is -0.370. The van der Waals surface area contributed by atoms with E-state index < -0.39 is 0 Å². The molecule has 14 heavy (non-hydrogen) atoms. The summed E-state index contributed by atoms with van der Waals surface area (Å²) >= 11 is 0. The van der Waals surface area contributed by atoms with Crippen LogP contribution in [0.15, 0.2) is 0 Å². The van der Waals surface area contributed by atoms with E-state index in [4.69, 9.17) is 4.74 Å². The molecule has 0 aromatic carbocycles. The van der Waals surface area contributed by atoms with Gasteiger partial charge in [0.25, 0.3) is 0 Å². The van der Waals surface area contributed by atoms with Crippen molar-refractivity contribution in [3.8, 4) is 0 Å². The molecule has 0 N–H and O–H groups in total. The van der Waals surface area contributed by atoms with Gasteiger partial charge in [0.2, 0.25) is 0 Å². The van der Waals surface area contributed by atoms with Crippen LogP contribution in [-0.2, 0) is 9.53 Å². The standard InChI is InChI=1S/C12H22O2/c1-3-4-5-6-8-11(13)12(14-2)9-7-10-12/h3-10H2,1-2H3. The summed E-state index contributed by atoms with van der Waals surface area (Å²) in [5.74, 6) is 0.336. The third-order valence-corrected chi connectivity index (χ3v) is 3.32. The van der Waals surface area contributed by atoms with E-state index >= 15 is 0 Å². The van der Waals surface area contributed by atoms with Crippen LogP contribution in [0.1, 0.15) is 58.3 Å². The Morgan fingerprint density at radius 2 is 2.00 bits per heavy atom. The molecule has 1 fully saturated rings. The van der Waals surface area contributed by atoms with Crippen molar-refractivity contribution in [3.63, 3.8) is 0 Å². The van der Waals surface area contributed by atoms with Crippen LogP contribution in [0, 0.1) is 0 Å². The monoisotopic (exact) mass is 198 g/mol. The van der Waals surface area contributed by atoms with E-state index in [1.54, 1.807) is 7.11 Å². The van der Waals surface area contributed by atoms with Crippen LogP contribution < -0.4 is 0 Å². The number of rotatable bonds is 7. The van der Waals surface area contributed by atoms with Gasteiger partial charge in [-0.1, -0.05) is 26.2 Å². The molecular weight excluding hydrogens is 176 g/mol. The second kappa shape index (κ2) is 5.50. The van der Waals surface area contributed by atoms with Crippen molar-refractivity contribution >= 4 is 5.78 Å². The molecule has 2 heteroatoms. The SMILES string of the molecule is CCCCCCC(=O)C1(OC)CCC1. The molecule has 82 valence electrons. The molecule has 2 nitrogen and oxygen atoms in total. The topological polar surface area (TPSA) is 26.3 Å². The maximum atomic E-state index is 11.8. The first-order chi connectivity index (χ1) is 6.75. The maximum Gasteiger partial charge on any atom is 0.164 e. The van der Waals surface area contributed by atoms with Gasteiger partial charge in [0.05, 0.1) is 0 Å². The molecule has 1 aliphatic carbocycles. The summed E-state index contributed by atoms with van der Waals surface area (Å²) in [6.07, 6.45) is 8.44. The lowest BCUT2D eigenvalue weighted by molar-refractivity contribution is -0.151. The predicted molar refractivity (Wildman–Crippen MR) is 57.4 cm³/mol. The van der Waals surface area contributed by atoms with Gasteiger partial charge in [0.1, 0.15) is 5.60 Å². The highest BCUT2D eigenvalue weighted by Gasteiger charge is 2.43. The Morgan fingerprint density at radius 3 is 2.43 bits per heavy atom. The molecule has 0 radical (unpaired) electrons. The number of methoxy groups -OCH3 is 1. The van der Waals surface area contributed by atoms with E-state index in [2.05, 4.69) is 6.92 Å². The third kappa shape index (κ3) is 2.57. The zero-order valence-electron chi connectivity index (χ0n) is 9.47. The van der Waals surface area contributed by atoms with Crippen molar-refractivity contribution in [1.29, 1.82) is 0 Å². The number of carbonyl (C=O) groups excluding carboxylic acids is 1. The molecule has 0 bridgehead atoms. The van der Waals surface area contributed by atoms with Gasteiger partial charge in [-0.25, -0.2) is 0 Å². The molecule has 1 rings (SSSR count). The first-order valence-electron chi connectivity index (χ1n) is 5.83. The number of hydrogen-bond acceptors (Lipinski definition) is 2. The van der Waals surface area contributed by atoms with Crippen LogP contribution in [0.2, 0.25) is 0 Å².